The van der Waals surface area contributed by atoms with Crippen molar-refractivity contribution in [2.45, 2.75) is 6.43 Å². The van der Waals surface area contributed by atoms with Crippen molar-refractivity contribution in [1.82, 2.24) is 4.98 Å². The van der Waals surface area contributed by atoms with Gasteiger partial charge in [-0.15, -0.1) is 0 Å². The average molecular weight is 220 g/mol. The number of rotatable bonds is 3. The van der Waals surface area contributed by atoms with Crippen LogP contribution in [0.4, 0.5) is 13.2 Å². The second-order valence-corrected chi connectivity index (χ2v) is 2.57. The monoisotopic (exact) mass is 220 g/mol. The number of alkyl halides is 2. The largest absolute Gasteiger partial charge is 0.492 e. The molecule has 82 valence electrons. The molecule has 0 radical (unpaired) electrons. The smallest absolute Gasteiger partial charge is 0.284 e. The lowest BCUT2D eigenvalue weighted by Gasteiger charge is -2.09. The number of hydrogen-bond acceptors (Lipinski definition) is 3. The van der Waals surface area contributed by atoms with E-state index in [1.165, 1.54) is 0 Å². The Balaban J connectivity index is 3.39. The Morgan fingerprint density at radius 1 is 1.60 bits per heavy atom. The number of pyridine rings is 1. The van der Waals surface area contributed by atoms with Gasteiger partial charge in [-0.3, -0.25) is 9.78 Å². The van der Waals surface area contributed by atoms with Gasteiger partial charge in [-0.2, -0.15) is 0 Å². The van der Waals surface area contributed by atoms with Crippen molar-refractivity contribution in [2.24, 2.45) is 5.73 Å². The summed E-state index contributed by atoms with van der Waals surface area (Å²) in [5.41, 5.74) is 3.35. The molecule has 7 heteroatoms. The SMILES string of the molecule is COc1c(C(F)F)ncc(C(N)=O)c1F. The lowest BCUT2D eigenvalue weighted by atomic mass is 10.2. The molecule has 0 unspecified atom stereocenters. The molecule has 0 aliphatic carbocycles. The molecule has 0 aromatic carbocycles. The molecule has 2 N–H and O–H groups in total. The van der Waals surface area contributed by atoms with E-state index in [0.29, 0.717) is 6.20 Å². The van der Waals surface area contributed by atoms with Gasteiger partial charge in [-0.1, -0.05) is 0 Å². The zero-order chi connectivity index (χ0) is 11.6. The highest BCUT2D eigenvalue weighted by Gasteiger charge is 2.23. The molecule has 4 nitrogen and oxygen atoms in total. The molecule has 1 heterocycles. The van der Waals surface area contributed by atoms with Crippen LogP contribution in [0.3, 0.4) is 0 Å². The second kappa shape index (κ2) is 4.16. The molecule has 1 aromatic rings. The molecule has 0 saturated heterocycles. The lowest BCUT2D eigenvalue weighted by Crippen LogP contribution is -2.15. The summed E-state index contributed by atoms with van der Waals surface area (Å²) >= 11 is 0. The highest BCUT2D eigenvalue weighted by atomic mass is 19.3. The van der Waals surface area contributed by atoms with Crippen molar-refractivity contribution in [3.63, 3.8) is 0 Å². The van der Waals surface area contributed by atoms with Crippen molar-refractivity contribution >= 4 is 5.91 Å². The van der Waals surface area contributed by atoms with E-state index in [-0.39, 0.29) is 0 Å². The van der Waals surface area contributed by atoms with Gasteiger partial charge in [0.15, 0.2) is 17.3 Å². The van der Waals surface area contributed by atoms with Crippen molar-refractivity contribution in [3.05, 3.63) is 23.3 Å². The van der Waals surface area contributed by atoms with Gasteiger partial charge in [0.1, 0.15) is 0 Å². The van der Waals surface area contributed by atoms with Crippen LogP contribution in [-0.4, -0.2) is 18.0 Å². The fourth-order valence-electron chi connectivity index (χ4n) is 1.01. The first-order valence-electron chi connectivity index (χ1n) is 3.79. The highest BCUT2D eigenvalue weighted by Crippen LogP contribution is 2.30. The van der Waals surface area contributed by atoms with Crippen LogP contribution >= 0.6 is 0 Å². The predicted octanol–water partition coefficient (Wildman–Crippen LogP) is 1.27. The van der Waals surface area contributed by atoms with Gasteiger partial charge in [-0.05, 0) is 0 Å². The number of carbonyl (C=O) groups is 1. The molecule has 0 fully saturated rings. The average Bonchev–Trinajstić information content (AvgIpc) is 2.16. The fraction of sp³-hybridized carbons (Fsp3) is 0.250. The summed E-state index contributed by atoms with van der Waals surface area (Å²) in [7, 11) is 0.997. The summed E-state index contributed by atoms with van der Waals surface area (Å²) in [4.78, 5) is 13.9. The first-order valence-corrected chi connectivity index (χ1v) is 3.79. The van der Waals surface area contributed by atoms with E-state index in [4.69, 9.17) is 5.73 Å². The molecule has 0 aliphatic rings. The molecule has 0 bridgehead atoms. The summed E-state index contributed by atoms with van der Waals surface area (Å²) in [6.45, 7) is 0. The number of nitrogens with two attached hydrogens (primary N) is 1. The zero-order valence-corrected chi connectivity index (χ0v) is 7.63. The minimum Gasteiger partial charge on any atom is -0.492 e. The molecular weight excluding hydrogens is 213 g/mol. The second-order valence-electron chi connectivity index (χ2n) is 2.57. The Morgan fingerprint density at radius 3 is 2.60 bits per heavy atom. The third-order valence-corrected chi connectivity index (χ3v) is 1.68. The van der Waals surface area contributed by atoms with Crippen LogP contribution in [0.1, 0.15) is 22.5 Å². The third-order valence-electron chi connectivity index (χ3n) is 1.68. The standard InChI is InChI=1S/C8H7F3N2O2/c1-15-6-4(9)3(8(12)14)2-13-5(6)7(10)11/h2,7H,1H3,(H2,12,14). The van der Waals surface area contributed by atoms with E-state index in [9.17, 15) is 18.0 Å². The Bertz CT molecular complexity index is 396. The van der Waals surface area contributed by atoms with Crippen LogP contribution in [0, 0.1) is 5.82 Å². The van der Waals surface area contributed by atoms with Crippen LogP contribution in [-0.2, 0) is 0 Å². The third kappa shape index (κ3) is 2.00. The van der Waals surface area contributed by atoms with Crippen molar-refractivity contribution in [3.8, 4) is 5.75 Å². The minimum absolute atomic E-state index is 0.587. The summed E-state index contributed by atoms with van der Waals surface area (Å²) < 4.78 is 42.4. The number of aromatic nitrogens is 1. The Kier molecular flexibility index (Phi) is 3.13. The van der Waals surface area contributed by atoms with Gasteiger partial charge < -0.3 is 10.5 Å². The maximum absolute atomic E-state index is 13.3. The maximum Gasteiger partial charge on any atom is 0.284 e. The number of primary amides is 1. The van der Waals surface area contributed by atoms with Gasteiger partial charge in [0, 0.05) is 6.20 Å². The predicted molar refractivity (Wildman–Crippen MR) is 44.2 cm³/mol. The van der Waals surface area contributed by atoms with Crippen molar-refractivity contribution in [2.75, 3.05) is 7.11 Å². The number of halogens is 3. The van der Waals surface area contributed by atoms with Crippen LogP contribution < -0.4 is 10.5 Å². The molecular formula is C8H7F3N2O2. The lowest BCUT2D eigenvalue weighted by molar-refractivity contribution is 0.0993. The topological polar surface area (TPSA) is 65.2 Å². The summed E-state index contributed by atoms with van der Waals surface area (Å²) in [5.74, 6) is -3.09. The molecule has 0 spiro atoms. The maximum atomic E-state index is 13.3. The quantitative estimate of drug-likeness (QED) is 0.834. The first kappa shape index (κ1) is 11.3. The summed E-state index contributed by atoms with van der Waals surface area (Å²) in [6.07, 6.45) is -2.34. The number of ether oxygens (including phenoxy) is 1. The Morgan fingerprint density at radius 2 is 2.20 bits per heavy atom. The molecule has 0 aliphatic heterocycles. The van der Waals surface area contributed by atoms with Gasteiger partial charge in [-0.25, -0.2) is 13.2 Å². The van der Waals surface area contributed by atoms with Gasteiger partial charge in [0.2, 0.25) is 0 Å². The van der Waals surface area contributed by atoms with E-state index < -0.39 is 35.2 Å². The normalized spacial score (nSPS) is 10.5. The van der Waals surface area contributed by atoms with Crippen LogP contribution in [0.15, 0.2) is 6.20 Å². The van der Waals surface area contributed by atoms with Crippen molar-refractivity contribution in [1.29, 1.82) is 0 Å². The molecule has 15 heavy (non-hydrogen) atoms. The summed E-state index contributed by atoms with van der Waals surface area (Å²) in [6, 6.07) is 0. The molecule has 1 rings (SSSR count). The zero-order valence-electron chi connectivity index (χ0n) is 7.63. The fourth-order valence-corrected chi connectivity index (χ4v) is 1.01. The first-order chi connectivity index (χ1) is 6.99. The highest BCUT2D eigenvalue weighted by molar-refractivity contribution is 5.93. The van der Waals surface area contributed by atoms with E-state index >= 15 is 0 Å². The minimum atomic E-state index is -2.99. The molecule has 1 amide bonds. The van der Waals surface area contributed by atoms with Crippen LogP contribution in [0.5, 0.6) is 5.75 Å². The Hall–Kier alpha value is -1.79. The molecule has 0 atom stereocenters. The van der Waals surface area contributed by atoms with Gasteiger partial charge in [0.05, 0.1) is 12.7 Å². The van der Waals surface area contributed by atoms with Crippen LogP contribution in [0.2, 0.25) is 0 Å². The number of carbonyl (C=O) groups excluding carboxylic acids is 1. The van der Waals surface area contributed by atoms with Crippen LogP contribution in [0.25, 0.3) is 0 Å². The number of hydrogen-bond donors (Lipinski definition) is 1. The van der Waals surface area contributed by atoms with Gasteiger partial charge in [0.25, 0.3) is 12.3 Å². The molecule has 0 saturated carbocycles. The van der Waals surface area contributed by atoms with E-state index in [0.717, 1.165) is 7.11 Å². The Labute approximate surface area is 82.9 Å². The van der Waals surface area contributed by atoms with E-state index in [1.54, 1.807) is 0 Å². The summed E-state index contributed by atoms with van der Waals surface area (Å²) in [5, 5.41) is 0. The van der Waals surface area contributed by atoms with E-state index in [2.05, 4.69) is 9.72 Å². The number of amides is 1. The number of methoxy groups -OCH3 is 1. The van der Waals surface area contributed by atoms with E-state index in [1.807, 2.05) is 0 Å². The van der Waals surface area contributed by atoms with Gasteiger partial charge >= 0.3 is 0 Å². The molecule has 1 aromatic heterocycles. The van der Waals surface area contributed by atoms with Crippen molar-refractivity contribution < 1.29 is 22.7 Å². The number of nitrogens with zero attached hydrogens (tertiary/aromatic N) is 1.